The van der Waals surface area contributed by atoms with E-state index >= 15 is 0 Å². The average molecular weight is 608 g/mol. The highest BCUT2D eigenvalue weighted by molar-refractivity contribution is 5.92. The maximum Gasteiger partial charge on any atom is 0.311 e. The number of rotatable bonds is 8. The predicted octanol–water partition coefficient (Wildman–Crippen LogP) is 5.52. The minimum atomic E-state index is -2.09. The van der Waals surface area contributed by atoms with Crippen molar-refractivity contribution in [1.29, 1.82) is 0 Å². The molecule has 43 heavy (non-hydrogen) atoms. The Balaban J connectivity index is 2.59. The molecule has 0 bridgehead atoms. The van der Waals surface area contributed by atoms with Crippen LogP contribution in [0, 0.1) is 34.5 Å². The summed E-state index contributed by atoms with van der Waals surface area (Å²) in [6.07, 6.45) is 2.40. The van der Waals surface area contributed by atoms with E-state index in [0.717, 1.165) is 0 Å². The summed E-state index contributed by atoms with van der Waals surface area (Å²) in [7, 11) is 0. The highest BCUT2D eigenvalue weighted by Crippen LogP contribution is 2.67. The molecule has 3 rings (SSSR count). The molecule has 0 radical (unpaired) electrons. The van der Waals surface area contributed by atoms with Crippen LogP contribution in [0.25, 0.3) is 0 Å². The first kappa shape index (κ1) is 35.8. The molecule has 2 atom stereocenters. The van der Waals surface area contributed by atoms with Gasteiger partial charge in [-0.05, 0) is 139 Å². The molecule has 0 saturated carbocycles. The van der Waals surface area contributed by atoms with E-state index in [-0.39, 0.29) is 0 Å². The lowest BCUT2D eigenvalue weighted by Gasteiger charge is -2.65. The molecule has 0 aliphatic carbocycles. The first-order chi connectivity index (χ1) is 19.0. The number of nitrogens with one attached hydrogen (secondary N) is 3. The Hall–Kier alpha value is -1.71. The molecule has 0 amide bonds. The molecule has 9 nitrogen and oxygen atoms in total. The first-order valence-corrected chi connectivity index (χ1v) is 16.1. The van der Waals surface area contributed by atoms with Gasteiger partial charge in [0.15, 0.2) is 0 Å². The Morgan fingerprint density at radius 2 is 0.791 bits per heavy atom. The van der Waals surface area contributed by atoms with Crippen molar-refractivity contribution in [3.63, 3.8) is 0 Å². The second-order valence-corrected chi connectivity index (χ2v) is 18.4. The van der Waals surface area contributed by atoms with E-state index in [1.165, 1.54) is 6.92 Å². The van der Waals surface area contributed by atoms with Gasteiger partial charge in [0.05, 0.1) is 11.3 Å². The minimum Gasteiger partial charge on any atom is -0.481 e. The van der Waals surface area contributed by atoms with E-state index in [2.05, 4.69) is 16.0 Å². The van der Waals surface area contributed by atoms with Gasteiger partial charge in [0, 0.05) is 33.2 Å². The fourth-order valence-electron chi connectivity index (χ4n) is 11.2. The van der Waals surface area contributed by atoms with E-state index in [1.807, 2.05) is 83.1 Å². The Labute approximate surface area is 259 Å². The third-order valence-electron chi connectivity index (χ3n) is 10.9. The van der Waals surface area contributed by atoms with E-state index in [0.29, 0.717) is 38.5 Å². The molecule has 2 unspecified atom stereocenters. The standard InChI is InChI=1S/C34H61N3O6/c1-20(24(38)39)33(25(40)41,21-14-27(2,3)35-28(4,5)15-21)34(26(42)43,22-16-29(6,7)36-30(8,9)17-22)23-18-31(10,11)37-32(12,13)19-23/h20-23,35-37H,14-19H2,1-13H3,(H,38,39)(H,40,41)(H,42,43). The Morgan fingerprint density at radius 3 is 1.00 bits per heavy atom. The van der Waals surface area contributed by atoms with Crippen LogP contribution < -0.4 is 16.0 Å². The first-order valence-electron chi connectivity index (χ1n) is 16.1. The zero-order chi connectivity index (χ0) is 33.4. The van der Waals surface area contributed by atoms with Crippen LogP contribution in [0.1, 0.15) is 129 Å². The van der Waals surface area contributed by atoms with Crippen LogP contribution in [0.2, 0.25) is 0 Å². The molecule has 0 spiro atoms. The molecule has 3 heterocycles. The molecule has 0 aromatic carbocycles. The fourth-order valence-corrected chi connectivity index (χ4v) is 11.2. The predicted molar refractivity (Wildman–Crippen MR) is 169 cm³/mol. The van der Waals surface area contributed by atoms with Crippen LogP contribution in [0.15, 0.2) is 0 Å². The van der Waals surface area contributed by atoms with Crippen molar-refractivity contribution >= 4 is 17.9 Å². The van der Waals surface area contributed by atoms with Crippen molar-refractivity contribution < 1.29 is 29.7 Å². The summed E-state index contributed by atoms with van der Waals surface area (Å²) in [5.41, 5.74) is -7.00. The SMILES string of the molecule is CC(C(=O)O)C(C(=O)O)(C1CC(C)(C)NC(C)(C)C1)C(C(=O)O)(C1CC(C)(C)NC(C)(C)C1)C1CC(C)(C)NC(C)(C)C1. The Morgan fingerprint density at radius 1 is 0.535 bits per heavy atom. The highest BCUT2D eigenvalue weighted by Gasteiger charge is 2.76. The van der Waals surface area contributed by atoms with Crippen molar-refractivity contribution in [2.75, 3.05) is 0 Å². The highest BCUT2D eigenvalue weighted by atomic mass is 16.4. The zero-order valence-corrected chi connectivity index (χ0v) is 29.1. The average Bonchev–Trinajstić information content (AvgIpc) is 2.69. The second-order valence-electron chi connectivity index (χ2n) is 18.4. The largest absolute Gasteiger partial charge is 0.481 e. The summed E-state index contributed by atoms with van der Waals surface area (Å²) >= 11 is 0. The molecular weight excluding hydrogens is 546 g/mol. The maximum atomic E-state index is 14.6. The van der Waals surface area contributed by atoms with Crippen LogP contribution >= 0.6 is 0 Å². The van der Waals surface area contributed by atoms with Gasteiger partial charge in [0.2, 0.25) is 0 Å². The summed E-state index contributed by atoms with van der Waals surface area (Å²) in [6.45, 7) is 25.9. The van der Waals surface area contributed by atoms with Gasteiger partial charge in [-0.2, -0.15) is 0 Å². The lowest BCUT2D eigenvalue weighted by molar-refractivity contribution is -0.226. The number of carboxylic acids is 3. The summed E-state index contributed by atoms with van der Waals surface area (Å²) in [5, 5.41) is 45.4. The molecule has 3 saturated heterocycles. The van der Waals surface area contributed by atoms with Crippen LogP contribution in [0.4, 0.5) is 0 Å². The zero-order valence-electron chi connectivity index (χ0n) is 29.1. The number of carbonyl (C=O) groups is 3. The molecule has 0 aromatic heterocycles. The fraction of sp³-hybridized carbons (Fsp3) is 0.912. The molecule has 248 valence electrons. The van der Waals surface area contributed by atoms with E-state index in [4.69, 9.17) is 0 Å². The monoisotopic (exact) mass is 607 g/mol. The molecule has 3 aliphatic heterocycles. The number of piperidine rings is 3. The van der Waals surface area contributed by atoms with Gasteiger partial charge in [-0.15, -0.1) is 0 Å². The van der Waals surface area contributed by atoms with Crippen molar-refractivity contribution in [3.8, 4) is 0 Å². The van der Waals surface area contributed by atoms with Crippen LogP contribution in [-0.4, -0.2) is 66.5 Å². The molecular formula is C34H61N3O6. The van der Waals surface area contributed by atoms with Crippen LogP contribution in [-0.2, 0) is 14.4 Å². The number of aliphatic carboxylic acids is 3. The van der Waals surface area contributed by atoms with E-state index in [1.54, 1.807) is 0 Å². The van der Waals surface area contributed by atoms with Crippen molar-refractivity contribution in [1.82, 2.24) is 16.0 Å². The van der Waals surface area contributed by atoms with Gasteiger partial charge in [-0.3, -0.25) is 14.4 Å². The van der Waals surface area contributed by atoms with Crippen molar-refractivity contribution in [2.24, 2.45) is 34.5 Å². The number of carboxylic acid groups (broad SMARTS) is 3. The van der Waals surface area contributed by atoms with E-state index < -0.39 is 85.6 Å². The summed E-state index contributed by atoms with van der Waals surface area (Å²) in [6, 6.07) is 0. The van der Waals surface area contributed by atoms with Gasteiger partial charge in [0.25, 0.3) is 0 Å². The lowest BCUT2D eigenvalue weighted by Crippen LogP contribution is -2.74. The molecule has 3 aliphatic rings. The maximum absolute atomic E-state index is 14.6. The molecule has 3 fully saturated rings. The van der Waals surface area contributed by atoms with Gasteiger partial charge in [-0.25, -0.2) is 0 Å². The summed E-state index contributed by atoms with van der Waals surface area (Å²) < 4.78 is 0. The molecule has 6 N–H and O–H groups in total. The molecule has 0 aromatic rings. The third kappa shape index (κ3) is 6.51. The second kappa shape index (κ2) is 10.7. The van der Waals surface area contributed by atoms with Gasteiger partial charge in [-0.1, -0.05) is 6.92 Å². The Bertz CT molecular complexity index is 1040. The third-order valence-corrected chi connectivity index (χ3v) is 10.9. The minimum absolute atomic E-state index is 0.352. The smallest absolute Gasteiger partial charge is 0.311 e. The molecule has 9 heteroatoms. The summed E-state index contributed by atoms with van der Waals surface area (Å²) in [4.78, 5) is 42.3. The van der Waals surface area contributed by atoms with Gasteiger partial charge >= 0.3 is 17.9 Å². The lowest BCUT2D eigenvalue weighted by atomic mass is 9.38. The van der Waals surface area contributed by atoms with Crippen molar-refractivity contribution in [2.45, 2.75) is 162 Å². The normalized spacial score (nSPS) is 29.2. The number of hydrogen-bond donors (Lipinski definition) is 6. The van der Waals surface area contributed by atoms with Gasteiger partial charge in [0.1, 0.15) is 5.41 Å². The Kier molecular flexibility index (Phi) is 8.89. The summed E-state index contributed by atoms with van der Waals surface area (Å²) in [5.74, 6) is -7.07. The quantitative estimate of drug-likeness (QED) is 0.210. The van der Waals surface area contributed by atoms with E-state index in [9.17, 15) is 29.7 Å². The number of hydrogen-bond acceptors (Lipinski definition) is 6. The topological polar surface area (TPSA) is 148 Å². The van der Waals surface area contributed by atoms with Crippen LogP contribution in [0.5, 0.6) is 0 Å². The van der Waals surface area contributed by atoms with Gasteiger partial charge < -0.3 is 31.3 Å². The van der Waals surface area contributed by atoms with Crippen LogP contribution in [0.3, 0.4) is 0 Å². The van der Waals surface area contributed by atoms with Crippen molar-refractivity contribution in [3.05, 3.63) is 0 Å².